The third-order valence-electron chi connectivity index (χ3n) is 4.45. The van der Waals surface area contributed by atoms with Gasteiger partial charge in [-0.15, -0.1) is 0 Å². The van der Waals surface area contributed by atoms with Crippen LogP contribution in [0.3, 0.4) is 0 Å². The average molecular weight is 240 g/mol. The molecule has 1 saturated heterocycles. The molecular formula is C14H28N2O. The van der Waals surface area contributed by atoms with E-state index in [-0.39, 0.29) is 5.54 Å². The van der Waals surface area contributed by atoms with E-state index >= 15 is 0 Å². The van der Waals surface area contributed by atoms with Gasteiger partial charge >= 0.3 is 0 Å². The number of hydrogen-bond donors (Lipinski definition) is 1. The number of nitrogens with zero attached hydrogens (tertiary/aromatic N) is 2. The van der Waals surface area contributed by atoms with Crippen molar-refractivity contribution < 1.29 is 5.11 Å². The van der Waals surface area contributed by atoms with Gasteiger partial charge in [-0.25, -0.2) is 0 Å². The van der Waals surface area contributed by atoms with Crippen LogP contribution in [0, 0.1) is 0 Å². The van der Waals surface area contributed by atoms with E-state index in [0.29, 0.717) is 12.6 Å². The predicted octanol–water partition coefficient (Wildman–Crippen LogP) is 1.71. The summed E-state index contributed by atoms with van der Waals surface area (Å²) in [6.45, 7) is 7.31. The lowest BCUT2D eigenvalue weighted by Crippen LogP contribution is -2.65. The summed E-state index contributed by atoms with van der Waals surface area (Å²) in [6.07, 6.45) is 6.41. The molecule has 2 aliphatic rings. The molecule has 0 radical (unpaired) electrons. The molecule has 3 heteroatoms. The van der Waals surface area contributed by atoms with Crippen LogP contribution in [0.2, 0.25) is 0 Å². The van der Waals surface area contributed by atoms with E-state index in [1.54, 1.807) is 0 Å². The third-order valence-corrected chi connectivity index (χ3v) is 4.45. The Labute approximate surface area is 106 Å². The summed E-state index contributed by atoms with van der Waals surface area (Å²) in [5, 5.41) is 9.29. The van der Waals surface area contributed by atoms with Crippen LogP contribution in [-0.2, 0) is 0 Å². The molecule has 1 unspecified atom stereocenters. The maximum Gasteiger partial charge on any atom is 0.0446 e. The fraction of sp³-hybridized carbons (Fsp3) is 1.00. The summed E-state index contributed by atoms with van der Waals surface area (Å²) in [6, 6.07) is 1.30. The molecule has 0 aromatic heterocycles. The van der Waals surface area contributed by atoms with Crippen molar-refractivity contribution in [1.82, 2.24) is 9.80 Å². The van der Waals surface area contributed by atoms with Crippen molar-refractivity contribution in [1.29, 1.82) is 0 Å². The molecule has 0 spiro atoms. The summed E-state index contributed by atoms with van der Waals surface area (Å²) in [5.74, 6) is 0. The topological polar surface area (TPSA) is 26.7 Å². The molecule has 0 bridgehead atoms. The van der Waals surface area contributed by atoms with E-state index < -0.39 is 0 Å². The smallest absolute Gasteiger partial charge is 0.0446 e. The number of rotatable bonds is 3. The molecule has 2 fully saturated rings. The predicted molar refractivity (Wildman–Crippen MR) is 71.2 cm³/mol. The van der Waals surface area contributed by atoms with Crippen LogP contribution in [0.1, 0.15) is 46.0 Å². The van der Waals surface area contributed by atoms with Crippen molar-refractivity contribution in [2.75, 3.05) is 26.7 Å². The monoisotopic (exact) mass is 240 g/mol. The minimum Gasteiger partial charge on any atom is -0.396 e. The summed E-state index contributed by atoms with van der Waals surface area (Å²) < 4.78 is 0. The second-order valence-corrected chi connectivity index (χ2v) is 6.52. The van der Waals surface area contributed by atoms with Crippen LogP contribution in [-0.4, -0.2) is 59.3 Å². The first kappa shape index (κ1) is 13.3. The Morgan fingerprint density at radius 2 is 1.88 bits per heavy atom. The highest BCUT2D eigenvalue weighted by molar-refractivity contribution is 4.99. The number of hydrogen-bond acceptors (Lipinski definition) is 3. The molecule has 3 nitrogen and oxygen atoms in total. The first-order valence-corrected chi connectivity index (χ1v) is 7.12. The van der Waals surface area contributed by atoms with Crippen molar-refractivity contribution in [3.63, 3.8) is 0 Å². The summed E-state index contributed by atoms with van der Waals surface area (Å²) in [7, 11) is 2.21. The van der Waals surface area contributed by atoms with Gasteiger partial charge in [-0.1, -0.05) is 12.8 Å². The minimum atomic E-state index is 0.252. The van der Waals surface area contributed by atoms with Gasteiger partial charge in [-0.3, -0.25) is 4.90 Å². The highest BCUT2D eigenvalue weighted by Crippen LogP contribution is 2.35. The second kappa shape index (κ2) is 5.25. The standard InChI is InChI=1S/C14H28N2O/c1-14(2)11-15(3)10-13(8-9-17)16(14)12-6-4-5-7-12/h12-13,17H,4-11H2,1-3H3. The summed E-state index contributed by atoms with van der Waals surface area (Å²) in [5.41, 5.74) is 0.252. The van der Waals surface area contributed by atoms with Crippen molar-refractivity contribution in [2.24, 2.45) is 0 Å². The lowest BCUT2D eigenvalue weighted by molar-refractivity contribution is -0.0517. The van der Waals surface area contributed by atoms with Gasteiger partial charge in [0.2, 0.25) is 0 Å². The lowest BCUT2D eigenvalue weighted by Gasteiger charge is -2.54. The number of piperazine rings is 1. The Morgan fingerprint density at radius 3 is 2.47 bits per heavy atom. The van der Waals surface area contributed by atoms with E-state index in [4.69, 9.17) is 0 Å². The highest BCUT2D eigenvalue weighted by atomic mass is 16.3. The van der Waals surface area contributed by atoms with Crippen molar-refractivity contribution in [3.05, 3.63) is 0 Å². The fourth-order valence-corrected chi connectivity index (χ4v) is 4.10. The number of aliphatic hydroxyl groups excluding tert-OH is 1. The maximum absolute atomic E-state index is 9.29. The quantitative estimate of drug-likeness (QED) is 0.813. The molecule has 0 aromatic carbocycles. The van der Waals surface area contributed by atoms with Crippen LogP contribution in [0.25, 0.3) is 0 Å². The van der Waals surface area contributed by atoms with E-state index in [2.05, 4.69) is 30.7 Å². The lowest BCUT2D eigenvalue weighted by atomic mass is 9.90. The molecule has 1 atom stereocenters. The molecule has 0 aromatic rings. The van der Waals surface area contributed by atoms with Crippen LogP contribution in [0.15, 0.2) is 0 Å². The van der Waals surface area contributed by atoms with Gasteiger partial charge in [-0.2, -0.15) is 0 Å². The molecule has 1 heterocycles. The zero-order valence-corrected chi connectivity index (χ0v) is 11.7. The van der Waals surface area contributed by atoms with Crippen molar-refractivity contribution in [2.45, 2.75) is 63.6 Å². The zero-order chi connectivity index (χ0) is 12.5. The molecule has 2 rings (SSSR count). The molecule has 17 heavy (non-hydrogen) atoms. The number of aliphatic hydroxyl groups is 1. The Balaban J connectivity index is 2.14. The molecule has 100 valence electrons. The van der Waals surface area contributed by atoms with Gasteiger partial charge in [0.25, 0.3) is 0 Å². The van der Waals surface area contributed by atoms with Crippen molar-refractivity contribution >= 4 is 0 Å². The Hall–Kier alpha value is -0.120. The maximum atomic E-state index is 9.29. The van der Waals surface area contributed by atoms with E-state index in [0.717, 1.165) is 25.6 Å². The average Bonchev–Trinajstić information content (AvgIpc) is 2.68. The van der Waals surface area contributed by atoms with Crippen LogP contribution in [0.4, 0.5) is 0 Å². The first-order valence-electron chi connectivity index (χ1n) is 7.12. The summed E-state index contributed by atoms with van der Waals surface area (Å²) >= 11 is 0. The Morgan fingerprint density at radius 1 is 1.24 bits per heavy atom. The van der Waals surface area contributed by atoms with Crippen LogP contribution >= 0.6 is 0 Å². The van der Waals surface area contributed by atoms with E-state index in [1.807, 2.05) is 0 Å². The van der Waals surface area contributed by atoms with Gasteiger partial charge < -0.3 is 10.0 Å². The molecule has 0 amide bonds. The summed E-state index contributed by atoms with van der Waals surface area (Å²) in [4.78, 5) is 5.15. The highest BCUT2D eigenvalue weighted by Gasteiger charge is 2.42. The Bertz CT molecular complexity index is 249. The van der Waals surface area contributed by atoms with Gasteiger partial charge in [0.15, 0.2) is 0 Å². The normalized spacial score (nSPS) is 32.1. The van der Waals surface area contributed by atoms with Crippen LogP contribution < -0.4 is 0 Å². The van der Waals surface area contributed by atoms with Gasteiger partial charge in [0, 0.05) is 37.3 Å². The van der Waals surface area contributed by atoms with Crippen LogP contribution in [0.5, 0.6) is 0 Å². The van der Waals surface area contributed by atoms with E-state index in [9.17, 15) is 5.11 Å². The molecule has 1 N–H and O–H groups in total. The zero-order valence-electron chi connectivity index (χ0n) is 11.7. The van der Waals surface area contributed by atoms with Gasteiger partial charge in [0.1, 0.15) is 0 Å². The number of likely N-dealkylation sites (N-methyl/N-ethyl adjacent to an activating group) is 1. The molecule has 1 aliphatic heterocycles. The van der Waals surface area contributed by atoms with Gasteiger partial charge in [0.05, 0.1) is 0 Å². The van der Waals surface area contributed by atoms with Gasteiger partial charge in [-0.05, 0) is 40.2 Å². The second-order valence-electron chi connectivity index (χ2n) is 6.52. The Kier molecular flexibility index (Phi) is 4.11. The fourth-order valence-electron chi connectivity index (χ4n) is 4.10. The SMILES string of the molecule is CN1CC(CCO)N(C2CCCC2)C(C)(C)C1. The first-order chi connectivity index (χ1) is 8.04. The van der Waals surface area contributed by atoms with Crippen molar-refractivity contribution in [3.8, 4) is 0 Å². The largest absolute Gasteiger partial charge is 0.396 e. The molecule has 1 saturated carbocycles. The molecule has 1 aliphatic carbocycles. The van der Waals surface area contributed by atoms with E-state index in [1.165, 1.54) is 25.7 Å². The third kappa shape index (κ3) is 2.83. The minimum absolute atomic E-state index is 0.252. The molecular weight excluding hydrogens is 212 g/mol.